The van der Waals surface area contributed by atoms with Crippen molar-refractivity contribution in [3.63, 3.8) is 0 Å². The number of nitrogens with zero attached hydrogens (tertiary/aromatic N) is 3. The first-order valence-electron chi connectivity index (χ1n) is 5.70. The molecule has 0 fully saturated rings. The topological polar surface area (TPSA) is 68.0 Å². The van der Waals surface area contributed by atoms with Crippen molar-refractivity contribution in [3.05, 3.63) is 41.5 Å². The Morgan fingerprint density at radius 3 is 2.55 bits per heavy atom. The molecule has 20 heavy (non-hydrogen) atoms. The monoisotopic (exact) mass is 285 g/mol. The van der Waals surface area contributed by atoms with E-state index in [2.05, 4.69) is 10.1 Å². The van der Waals surface area contributed by atoms with Crippen molar-refractivity contribution in [3.8, 4) is 5.69 Å². The van der Waals surface area contributed by atoms with E-state index in [0.717, 1.165) is 10.7 Å². The zero-order valence-electron chi connectivity index (χ0n) is 10.3. The summed E-state index contributed by atoms with van der Waals surface area (Å²) in [5, 5.41) is 12.5. The molecule has 1 aromatic carbocycles. The highest BCUT2D eigenvalue weighted by Gasteiger charge is 2.34. The van der Waals surface area contributed by atoms with Crippen LogP contribution in [0.25, 0.3) is 5.69 Å². The number of aromatic carboxylic acids is 1. The fraction of sp³-hybridized carbons (Fsp3) is 0.250. The summed E-state index contributed by atoms with van der Waals surface area (Å²) >= 11 is 0. The average Bonchev–Trinajstić information content (AvgIpc) is 2.82. The van der Waals surface area contributed by atoms with Gasteiger partial charge in [-0.15, -0.1) is 5.10 Å². The lowest BCUT2D eigenvalue weighted by Gasteiger charge is -2.13. The normalized spacial score (nSPS) is 11.6. The molecule has 0 bridgehead atoms. The van der Waals surface area contributed by atoms with Gasteiger partial charge in [-0.05, 0) is 12.1 Å². The van der Waals surface area contributed by atoms with Crippen LogP contribution in [-0.2, 0) is 12.6 Å². The quantitative estimate of drug-likeness (QED) is 0.941. The molecule has 5 nitrogen and oxygen atoms in total. The lowest BCUT2D eigenvalue weighted by atomic mass is 10.1. The van der Waals surface area contributed by atoms with Crippen LogP contribution in [0.3, 0.4) is 0 Å². The number of carboxylic acid groups (broad SMARTS) is 1. The fourth-order valence-electron chi connectivity index (χ4n) is 1.75. The summed E-state index contributed by atoms with van der Waals surface area (Å²) in [4.78, 5) is 14.5. The highest BCUT2D eigenvalue weighted by Crippen LogP contribution is 2.33. The van der Waals surface area contributed by atoms with E-state index in [4.69, 9.17) is 5.11 Å². The van der Waals surface area contributed by atoms with Crippen molar-refractivity contribution in [2.75, 3.05) is 0 Å². The summed E-state index contributed by atoms with van der Waals surface area (Å²) in [6, 6.07) is 4.82. The number of benzene rings is 1. The zero-order valence-corrected chi connectivity index (χ0v) is 10.3. The van der Waals surface area contributed by atoms with Gasteiger partial charge in [-0.2, -0.15) is 13.2 Å². The van der Waals surface area contributed by atoms with Crippen LogP contribution in [0.1, 0.15) is 28.9 Å². The number of carbonyl (C=O) groups is 1. The Hall–Kier alpha value is -2.38. The third kappa shape index (κ3) is 2.49. The zero-order chi connectivity index (χ0) is 14.9. The van der Waals surface area contributed by atoms with Gasteiger partial charge in [-0.3, -0.25) is 0 Å². The second-order valence-electron chi connectivity index (χ2n) is 3.94. The molecule has 0 atom stereocenters. The number of hydrogen-bond acceptors (Lipinski definition) is 3. The summed E-state index contributed by atoms with van der Waals surface area (Å²) in [5.41, 5.74) is -1.13. The lowest BCUT2D eigenvalue weighted by molar-refractivity contribution is -0.137. The molecule has 2 rings (SSSR count). The first-order valence-corrected chi connectivity index (χ1v) is 5.70. The van der Waals surface area contributed by atoms with Gasteiger partial charge in [-0.1, -0.05) is 19.1 Å². The largest absolute Gasteiger partial charge is 0.475 e. The van der Waals surface area contributed by atoms with Gasteiger partial charge in [0.2, 0.25) is 0 Å². The lowest BCUT2D eigenvalue weighted by Crippen LogP contribution is -2.13. The van der Waals surface area contributed by atoms with E-state index in [0.29, 0.717) is 0 Å². The number of hydrogen-bond donors (Lipinski definition) is 1. The van der Waals surface area contributed by atoms with Gasteiger partial charge in [0.1, 0.15) is 5.82 Å². The van der Waals surface area contributed by atoms with Crippen molar-refractivity contribution >= 4 is 5.97 Å². The molecule has 1 N–H and O–H groups in total. The Balaban J connectivity index is 2.66. The van der Waals surface area contributed by atoms with E-state index >= 15 is 0 Å². The molecule has 0 amide bonds. The molecule has 0 radical (unpaired) electrons. The number of carboxylic acids is 1. The second-order valence-corrected chi connectivity index (χ2v) is 3.94. The predicted molar refractivity (Wildman–Crippen MR) is 62.7 cm³/mol. The van der Waals surface area contributed by atoms with Crippen molar-refractivity contribution in [1.29, 1.82) is 0 Å². The highest BCUT2D eigenvalue weighted by molar-refractivity contribution is 5.83. The molecule has 1 heterocycles. The molecule has 0 saturated carbocycles. The van der Waals surface area contributed by atoms with Gasteiger partial charge in [0.15, 0.2) is 0 Å². The van der Waals surface area contributed by atoms with E-state index < -0.39 is 23.5 Å². The second kappa shape index (κ2) is 4.95. The summed E-state index contributed by atoms with van der Waals surface area (Å²) in [5.74, 6) is -1.76. The van der Waals surface area contributed by atoms with Crippen molar-refractivity contribution in [2.45, 2.75) is 19.5 Å². The van der Waals surface area contributed by atoms with Crippen LogP contribution in [0, 0.1) is 0 Å². The van der Waals surface area contributed by atoms with Crippen LogP contribution in [0.15, 0.2) is 24.3 Å². The van der Waals surface area contributed by atoms with E-state index in [-0.39, 0.29) is 17.9 Å². The molecule has 1 aromatic heterocycles. The van der Waals surface area contributed by atoms with Crippen molar-refractivity contribution in [2.24, 2.45) is 0 Å². The van der Waals surface area contributed by atoms with Gasteiger partial charge >= 0.3 is 12.1 Å². The predicted octanol–water partition coefficient (Wildman–Crippen LogP) is 2.55. The SMILES string of the molecule is CCc1nc(C(=O)O)nn1-c1ccccc1C(F)(F)F. The molecule has 106 valence electrons. The Kier molecular flexibility index (Phi) is 3.47. The van der Waals surface area contributed by atoms with E-state index in [1.54, 1.807) is 6.92 Å². The molecular formula is C12H10F3N3O2. The molecule has 0 unspecified atom stereocenters. The van der Waals surface area contributed by atoms with Crippen LogP contribution in [-0.4, -0.2) is 25.8 Å². The minimum Gasteiger partial charge on any atom is -0.475 e. The molecule has 0 aliphatic rings. The minimum absolute atomic E-state index is 0.152. The van der Waals surface area contributed by atoms with Gasteiger partial charge < -0.3 is 5.11 Å². The Morgan fingerprint density at radius 2 is 2.00 bits per heavy atom. The molecular weight excluding hydrogens is 275 g/mol. The third-order valence-electron chi connectivity index (χ3n) is 2.62. The summed E-state index contributed by atoms with van der Waals surface area (Å²) in [6.45, 7) is 1.66. The smallest absolute Gasteiger partial charge is 0.418 e. The van der Waals surface area contributed by atoms with Crippen LogP contribution >= 0.6 is 0 Å². The maximum atomic E-state index is 13.0. The maximum absolute atomic E-state index is 13.0. The maximum Gasteiger partial charge on any atom is 0.418 e. The van der Waals surface area contributed by atoms with Gasteiger partial charge in [0.25, 0.3) is 5.82 Å². The molecule has 8 heteroatoms. The molecule has 0 aliphatic heterocycles. The Bertz CT molecular complexity index is 650. The highest BCUT2D eigenvalue weighted by atomic mass is 19.4. The van der Waals surface area contributed by atoms with Gasteiger partial charge in [-0.25, -0.2) is 14.5 Å². The molecule has 2 aromatic rings. The van der Waals surface area contributed by atoms with E-state index in [1.165, 1.54) is 18.2 Å². The van der Waals surface area contributed by atoms with Crippen LogP contribution in [0.2, 0.25) is 0 Å². The number of aryl methyl sites for hydroxylation is 1. The first-order chi connectivity index (χ1) is 9.34. The summed E-state index contributed by atoms with van der Waals surface area (Å²) < 4.78 is 39.8. The van der Waals surface area contributed by atoms with Gasteiger partial charge in [0, 0.05) is 6.42 Å². The Labute approximate surface area is 111 Å². The third-order valence-corrected chi connectivity index (χ3v) is 2.62. The number of para-hydroxylation sites is 1. The fourth-order valence-corrected chi connectivity index (χ4v) is 1.75. The Morgan fingerprint density at radius 1 is 1.35 bits per heavy atom. The summed E-state index contributed by atoms with van der Waals surface area (Å²) in [7, 11) is 0. The van der Waals surface area contributed by atoms with E-state index in [9.17, 15) is 18.0 Å². The summed E-state index contributed by atoms with van der Waals surface area (Å²) in [6.07, 6.45) is -4.30. The molecule has 0 spiro atoms. The molecule has 0 aliphatic carbocycles. The number of halogens is 3. The van der Waals surface area contributed by atoms with E-state index in [1.807, 2.05) is 0 Å². The molecule has 0 saturated heterocycles. The number of rotatable bonds is 3. The first kappa shape index (κ1) is 14.0. The van der Waals surface area contributed by atoms with Gasteiger partial charge in [0.05, 0.1) is 11.3 Å². The van der Waals surface area contributed by atoms with Crippen LogP contribution in [0.5, 0.6) is 0 Å². The minimum atomic E-state index is -4.56. The number of alkyl halides is 3. The van der Waals surface area contributed by atoms with Crippen LogP contribution in [0.4, 0.5) is 13.2 Å². The standard InChI is InChI=1S/C12H10F3N3O2/c1-2-9-16-10(11(19)20)17-18(9)8-6-4-3-5-7(8)12(13,14)15/h3-6H,2H2,1H3,(H,19,20). The van der Waals surface area contributed by atoms with Crippen molar-refractivity contribution < 1.29 is 23.1 Å². The number of aromatic nitrogens is 3. The average molecular weight is 285 g/mol. The van der Waals surface area contributed by atoms with Crippen LogP contribution < -0.4 is 0 Å². The van der Waals surface area contributed by atoms with Crippen molar-refractivity contribution in [1.82, 2.24) is 14.8 Å².